The highest BCUT2D eigenvalue weighted by Gasteiger charge is 2.25. The van der Waals surface area contributed by atoms with Crippen molar-refractivity contribution in [2.24, 2.45) is 0 Å². The number of rotatable bonds is 2. The van der Waals surface area contributed by atoms with Gasteiger partial charge in [-0.25, -0.2) is 8.78 Å². The van der Waals surface area contributed by atoms with Crippen molar-refractivity contribution < 1.29 is 8.78 Å². The normalized spacial score (nSPS) is 17.1. The molecule has 0 spiro atoms. The van der Waals surface area contributed by atoms with Gasteiger partial charge in [0.25, 0.3) is 0 Å². The van der Waals surface area contributed by atoms with Crippen molar-refractivity contribution in [2.45, 2.75) is 25.8 Å². The van der Waals surface area contributed by atoms with Crippen molar-refractivity contribution in [3.05, 3.63) is 64.7 Å². The fourth-order valence-electron chi connectivity index (χ4n) is 2.72. The molecule has 0 aromatic heterocycles. The van der Waals surface area contributed by atoms with Gasteiger partial charge in [0, 0.05) is 11.3 Å². The second-order valence-corrected chi connectivity index (χ2v) is 4.87. The van der Waals surface area contributed by atoms with E-state index in [9.17, 15) is 8.78 Å². The Bertz CT molecular complexity index is 622. The third kappa shape index (κ3) is 2.09. The first-order chi connectivity index (χ1) is 9.19. The first-order valence-corrected chi connectivity index (χ1v) is 6.51. The van der Waals surface area contributed by atoms with Crippen LogP contribution < -0.4 is 5.32 Å². The number of anilines is 1. The van der Waals surface area contributed by atoms with Gasteiger partial charge in [0.05, 0.1) is 6.04 Å². The molecule has 1 atom stereocenters. The number of hydrogen-bond donors (Lipinski definition) is 1. The van der Waals surface area contributed by atoms with Crippen molar-refractivity contribution in [3.8, 4) is 0 Å². The number of aryl methyl sites for hydroxylation is 1. The number of fused-ring (bicyclic) bond motifs is 1. The molecule has 0 radical (unpaired) electrons. The molecule has 98 valence electrons. The van der Waals surface area contributed by atoms with Crippen LogP contribution >= 0.6 is 0 Å². The quantitative estimate of drug-likeness (QED) is 0.850. The molecule has 1 N–H and O–H groups in total. The van der Waals surface area contributed by atoms with Crippen LogP contribution in [0.15, 0.2) is 36.4 Å². The Morgan fingerprint density at radius 3 is 2.84 bits per heavy atom. The first kappa shape index (κ1) is 12.2. The van der Waals surface area contributed by atoms with Gasteiger partial charge in [0.1, 0.15) is 11.6 Å². The van der Waals surface area contributed by atoms with E-state index in [0.29, 0.717) is 12.0 Å². The molecule has 0 aliphatic carbocycles. The molecule has 0 saturated heterocycles. The molecule has 1 nitrogen and oxygen atoms in total. The van der Waals surface area contributed by atoms with E-state index < -0.39 is 5.82 Å². The van der Waals surface area contributed by atoms with Crippen molar-refractivity contribution in [1.82, 2.24) is 0 Å². The van der Waals surface area contributed by atoms with Gasteiger partial charge in [0.15, 0.2) is 0 Å². The summed E-state index contributed by atoms with van der Waals surface area (Å²) < 4.78 is 27.1. The Hall–Kier alpha value is -1.90. The molecular formula is C16H15F2N. The van der Waals surface area contributed by atoms with Crippen LogP contribution in [0.3, 0.4) is 0 Å². The average molecular weight is 259 g/mol. The Balaban J connectivity index is 1.97. The molecule has 3 rings (SSSR count). The molecule has 2 aromatic carbocycles. The molecule has 0 fully saturated rings. The molecule has 0 bridgehead atoms. The maximum atomic E-state index is 13.8. The molecule has 0 amide bonds. The topological polar surface area (TPSA) is 12.0 Å². The summed E-state index contributed by atoms with van der Waals surface area (Å²) in [4.78, 5) is 0. The zero-order valence-electron chi connectivity index (χ0n) is 10.7. The lowest BCUT2D eigenvalue weighted by molar-refractivity contribution is 0.573. The largest absolute Gasteiger partial charge is 0.377 e. The van der Waals surface area contributed by atoms with E-state index in [1.807, 2.05) is 12.1 Å². The average Bonchev–Trinajstić information content (AvgIpc) is 2.85. The fourth-order valence-corrected chi connectivity index (χ4v) is 2.72. The smallest absolute Gasteiger partial charge is 0.128 e. The SMILES string of the molecule is CCc1cccc2c1NC(c1cc(F)ccc1F)C2. The summed E-state index contributed by atoms with van der Waals surface area (Å²) >= 11 is 0. The van der Waals surface area contributed by atoms with Crippen LogP contribution in [-0.2, 0) is 12.8 Å². The lowest BCUT2D eigenvalue weighted by Crippen LogP contribution is -2.09. The van der Waals surface area contributed by atoms with Crippen LogP contribution in [0.25, 0.3) is 0 Å². The molecule has 2 aromatic rings. The van der Waals surface area contributed by atoms with Gasteiger partial charge in [-0.05, 0) is 42.2 Å². The zero-order valence-corrected chi connectivity index (χ0v) is 10.7. The second-order valence-electron chi connectivity index (χ2n) is 4.87. The summed E-state index contributed by atoms with van der Waals surface area (Å²) in [6.45, 7) is 2.09. The lowest BCUT2D eigenvalue weighted by Gasteiger charge is -2.14. The van der Waals surface area contributed by atoms with Gasteiger partial charge in [-0.1, -0.05) is 25.1 Å². The van der Waals surface area contributed by atoms with Gasteiger partial charge >= 0.3 is 0 Å². The van der Waals surface area contributed by atoms with E-state index in [0.717, 1.165) is 18.2 Å². The van der Waals surface area contributed by atoms with Crippen LogP contribution in [0.5, 0.6) is 0 Å². The summed E-state index contributed by atoms with van der Waals surface area (Å²) in [5.41, 5.74) is 3.88. The van der Waals surface area contributed by atoms with Crippen molar-refractivity contribution in [3.63, 3.8) is 0 Å². The summed E-state index contributed by atoms with van der Waals surface area (Å²) in [7, 11) is 0. The maximum absolute atomic E-state index is 13.8. The summed E-state index contributed by atoms with van der Waals surface area (Å²) in [5.74, 6) is -0.755. The Kier molecular flexibility index (Phi) is 2.97. The van der Waals surface area contributed by atoms with Gasteiger partial charge in [-0.2, -0.15) is 0 Å². The highest BCUT2D eigenvalue weighted by atomic mass is 19.1. The molecule has 1 aliphatic rings. The number of nitrogens with one attached hydrogen (secondary N) is 1. The minimum absolute atomic E-state index is 0.182. The molecule has 19 heavy (non-hydrogen) atoms. The molecule has 1 aliphatic heterocycles. The minimum Gasteiger partial charge on any atom is -0.377 e. The lowest BCUT2D eigenvalue weighted by atomic mass is 10.0. The Labute approximate surface area is 111 Å². The van der Waals surface area contributed by atoms with E-state index in [4.69, 9.17) is 0 Å². The predicted molar refractivity (Wildman–Crippen MR) is 72.2 cm³/mol. The van der Waals surface area contributed by atoms with E-state index >= 15 is 0 Å². The first-order valence-electron chi connectivity index (χ1n) is 6.51. The minimum atomic E-state index is -0.398. The summed E-state index contributed by atoms with van der Waals surface area (Å²) in [5, 5.41) is 3.33. The highest BCUT2D eigenvalue weighted by molar-refractivity contribution is 5.63. The standard InChI is InChI=1S/C16H15F2N/c1-2-10-4-3-5-11-8-15(19-16(10)11)13-9-12(17)6-7-14(13)18/h3-7,9,15,19H,2,8H2,1H3. The van der Waals surface area contributed by atoms with E-state index in [2.05, 4.69) is 18.3 Å². The monoisotopic (exact) mass is 259 g/mol. The Morgan fingerprint density at radius 2 is 2.05 bits per heavy atom. The van der Waals surface area contributed by atoms with Crippen molar-refractivity contribution in [1.29, 1.82) is 0 Å². The van der Waals surface area contributed by atoms with E-state index in [1.165, 1.54) is 23.3 Å². The molecule has 3 heteroatoms. The number of benzene rings is 2. The van der Waals surface area contributed by atoms with Crippen LogP contribution in [0.1, 0.15) is 29.7 Å². The highest BCUT2D eigenvalue weighted by Crippen LogP contribution is 2.37. The summed E-state index contributed by atoms with van der Waals surface area (Å²) in [6, 6.07) is 9.57. The number of para-hydroxylation sites is 1. The third-order valence-corrected chi connectivity index (χ3v) is 3.69. The molecule has 1 unspecified atom stereocenters. The van der Waals surface area contributed by atoms with Crippen molar-refractivity contribution in [2.75, 3.05) is 5.32 Å². The maximum Gasteiger partial charge on any atom is 0.128 e. The number of hydrogen-bond acceptors (Lipinski definition) is 1. The molecular weight excluding hydrogens is 244 g/mol. The van der Waals surface area contributed by atoms with Gasteiger partial charge in [-0.15, -0.1) is 0 Å². The van der Waals surface area contributed by atoms with E-state index in [-0.39, 0.29) is 11.9 Å². The molecule has 0 saturated carbocycles. The van der Waals surface area contributed by atoms with Crippen LogP contribution in [0, 0.1) is 11.6 Å². The second kappa shape index (κ2) is 4.65. The van der Waals surface area contributed by atoms with E-state index in [1.54, 1.807) is 0 Å². The fraction of sp³-hybridized carbons (Fsp3) is 0.250. The zero-order chi connectivity index (χ0) is 13.4. The van der Waals surface area contributed by atoms with Crippen molar-refractivity contribution >= 4 is 5.69 Å². The van der Waals surface area contributed by atoms with Gasteiger partial charge < -0.3 is 5.32 Å². The third-order valence-electron chi connectivity index (χ3n) is 3.69. The Morgan fingerprint density at radius 1 is 1.21 bits per heavy atom. The van der Waals surface area contributed by atoms with Crippen LogP contribution in [0.4, 0.5) is 14.5 Å². The predicted octanol–water partition coefficient (Wildman–Crippen LogP) is 4.24. The van der Waals surface area contributed by atoms with Gasteiger partial charge in [0.2, 0.25) is 0 Å². The van der Waals surface area contributed by atoms with Crippen LogP contribution in [0.2, 0.25) is 0 Å². The molecule has 1 heterocycles. The number of halogens is 2. The van der Waals surface area contributed by atoms with Gasteiger partial charge in [-0.3, -0.25) is 0 Å². The summed E-state index contributed by atoms with van der Waals surface area (Å²) in [6.07, 6.45) is 1.62. The van der Waals surface area contributed by atoms with Crippen LogP contribution in [-0.4, -0.2) is 0 Å².